The number of carbonyl (C=O) groups is 1. The van der Waals surface area contributed by atoms with E-state index < -0.39 is 0 Å². The summed E-state index contributed by atoms with van der Waals surface area (Å²) >= 11 is 0. The number of amides is 1. The average molecular weight is 238 g/mol. The van der Waals surface area contributed by atoms with Crippen LogP contribution in [0.15, 0.2) is 0 Å². The fourth-order valence-electron chi connectivity index (χ4n) is 1.85. The van der Waals surface area contributed by atoms with Gasteiger partial charge in [-0.2, -0.15) is 5.10 Å². The SMILES string of the molecule is CCC(CN)C(=O)NCc1c(C)nn(C)c1C. The number of nitrogens with two attached hydrogens (primary N) is 1. The van der Waals surface area contributed by atoms with Crippen molar-refractivity contribution in [2.45, 2.75) is 33.7 Å². The Labute approximate surface area is 102 Å². The van der Waals surface area contributed by atoms with E-state index in [1.54, 1.807) is 0 Å². The lowest BCUT2D eigenvalue weighted by molar-refractivity contribution is -0.124. The molecule has 0 aromatic carbocycles. The van der Waals surface area contributed by atoms with E-state index in [0.29, 0.717) is 13.1 Å². The van der Waals surface area contributed by atoms with Crippen LogP contribution in [0.3, 0.4) is 0 Å². The number of hydrogen-bond donors (Lipinski definition) is 2. The van der Waals surface area contributed by atoms with Crippen LogP contribution >= 0.6 is 0 Å². The van der Waals surface area contributed by atoms with Crippen molar-refractivity contribution in [3.63, 3.8) is 0 Å². The molecule has 1 heterocycles. The summed E-state index contributed by atoms with van der Waals surface area (Å²) in [5.74, 6) is -0.0649. The van der Waals surface area contributed by atoms with Gasteiger partial charge in [0.15, 0.2) is 0 Å². The summed E-state index contributed by atoms with van der Waals surface area (Å²) in [4.78, 5) is 11.8. The van der Waals surface area contributed by atoms with E-state index in [1.165, 1.54) is 0 Å². The zero-order valence-electron chi connectivity index (χ0n) is 11.1. The Kier molecular flexibility index (Phi) is 4.69. The lowest BCUT2D eigenvalue weighted by Crippen LogP contribution is -2.34. The molecule has 0 fully saturated rings. The molecule has 1 rings (SSSR count). The molecule has 3 N–H and O–H groups in total. The first-order chi connectivity index (χ1) is 8.01. The molecule has 1 aromatic heterocycles. The van der Waals surface area contributed by atoms with Crippen molar-refractivity contribution in [2.75, 3.05) is 6.54 Å². The van der Waals surface area contributed by atoms with Gasteiger partial charge in [0.1, 0.15) is 0 Å². The molecule has 0 aliphatic rings. The molecule has 0 aliphatic heterocycles. The molecule has 0 saturated carbocycles. The Balaban J connectivity index is 2.64. The highest BCUT2D eigenvalue weighted by Crippen LogP contribution is 2.11. The first-order valence-electron chi connectivity index (χ1n) is 5.98. The molecule has 5 heteroatoms. The molecule has 1 amide bonds. The molecule has 0 spiro atoms. The smallest absolute Gasteiger partial charge is 0.224 e. The second-order valence-electron chi connectivity index (χ2n) is 4.33. The van der Waals surface area contributed by atoms with E-state index in [1.807, 2.05) is 32.5 Å². The van der Waals surface area contributed by atoms with Crippen LogP contribution in [0.25, 0.3) is 0 Å². The van der Waals surface area contributed by atoms with E-state index in [-0.39, 0.29) is 11.8 Å². The molecule has 0 saturated heterocycles. The Morgan fingerprint density at radius 2 is 2.18 bits per heavy atom. The fourth-order valence-corrected chi connectivity index (χ4v) is 1.85. The van der Waals surface area contributed by atoms with Crippen molar-refractivity contribution in [1.29, 1.82) is 0 Å². The van der Waals surface area contributed by atoms with Crippen molar-refractivity contribution in [1.82, 2.24) is 15.1 Å². The van der Waals surface area contributed by atoms with Gasteiger partial charge in [0.2, 0.25) is 5.91 Å². The molecule has 1 atom stereocenters. The number of nitrogens with zero attached hydrogens (tertiary/aromatic N) is 2. The molecule has 96 valence electrons. The molecule has 5 nitrogen and oxygen atoms in total. The summed E-state index contributed by atoms with van der Waals surface area (Å²) in [7, 11) is 1.91. The van der Waals surface area contributed by atoms with Gasteiger partial charge in [-0.05, 0) is 20.3 Å². The maximum absolute atomic E-state index is 11.8. The van der Waals surface area contributed by atoms with Crippen molar-refractivity contribution >= 4 is 5.91 Å². The van der Waals surface area contributed by atoms with E-state index in [2.05, 4.69) is 10.4 Å². The molecule has 0 aliphatic carbocycles. The highest BCUT2D eigenvalue weighted by molar-refractivity contribution is 5.78. The van der Waals surface area contributed by atoms with Gasteiger partial charge in [0, 0.05) is 37.3 Å². The predicted molar refractivity (Wildman–Crippen MR) is 67.4 cm³/mol. The molecule has 0 radical (unpaired) electrons. The van der Waals surface area contributed by atoms with Crippen LogP contribution in [0.5, 0.6) is 0 Å². The number of nitrogens with one attached hydrogen (secondary N) is 1. The highest BCUT2D eigenvalue weighted by atomic mass is 16.1. The number of rotatable bonds is 5. The quantitative estimate of drug-likeness (QED) is 0.790. The first kappa shape index (κ1) is 13.7. The minimum absolute atomic E-state index is 0.0256. The van der Waals surface area contributed by atoms with Crippen LogP contribution in [-0.4, -0.2) is 22.2 Å². The average Bonchev–Trinajstić information content (AvgIpc) is 2.53. The Morgan fingerprint density at radius 3 is 2.59 bits per heavy atom. The van der Waals surface area contributed by atoms with Crippen molar-refractivity contribution < 1.29 is 4.79 Å². The van der Waals surface area contributed by atoms with Crippen molar-refractivity contribution in [3.8, 4) is 0 Å². The zero-order chi connectivity index (χ0) is 13.0. The van der Waals surface area contributed by atoms with Crippen LogP contribution in [0, 0.1) is 19.8 Å². The summed E-state index contributed by atoms with van der Waals surface area (Å²) in [6, 6.07) is 0. The number of aryl methyl sites for hydroxylation is 2. The maximum Gasteiger partial charge on any atom is 0.224 e. The third-order valence-electron chi connectivity index (χ3n) is 3.25. The fraction of sp³-hybridized carbons (Fsp3) is 0.667. The van der Waals surface area contributed by atoms with E-state index in [0.717, 1.165) is 23.4 Å². The summed E-state index contributed by atoms with van der Waals surface area (Å²) in [5, 5.41) is 7.24. The molecule has 0 bridgehead atoms. The van der Waals surface area contributed by atoms with Gasteiger partial charge in [-0.3, -0.25) is 9.48 Å². The Morgan fingerprint density at radius 1 is 1.53 bits per heavy atom. The Hall–Kier alpha value is -1.36. The summed E-state index contributed by atoms with van der Waals surface area (Å²) in [6.45, 7) is 6.85. The lowest BCUT2D eigenvalue weighted by atomic mass is 10.1. The largest absolute Gasteiger partial charge is 0.352 e. The third kappa shape index (κ3) is 3.06. The van der Waals surface area contributed by atoms with Crippen LogP contribution in [0.1, 0.15) is 30.3 Å². The second kappa shape index (κ2) is 5.82. The highest BCUT2D eigenvalue weighted by Gasteiger charge is 2.16. The third-order valence-corrected chi connectivity index (χ3v) is 3.25. The van der Waals surface area contributed by atoms with Crippen molar-refractivity contribution in [3.05, 3.63) is 17.0 Å². The van der Waals surface area contributed by atoms with E-state index in [9.17, 15) is 4.79 Å². The van der Waals surface area contributed by atoms with E-state index >= 15 is 0 Å². The normalized spacial score (nSPS) is 12.5. The van der Waals surface area contributed by atoms with Crippen molar-refractivity contribution in [2.24, 2.45) is 18.7 Å². The van der Waals surface area contributed by atoms with Crippen LogP contribution in [0.4, 0.5) is 0 Å². The van der Waals surface area contributed by atoms with Gasteiger partial charge in [-0.25, -0.2) is 0 Å². The number of hydrogen-bond acceptors (Lipinski definition) is 3. The maximum atomic E-state index is 11.8. The summed E-state index contributed by atoms with van der Waals surface area (Å²) in [5.41, 5.74) is 8.68. The number of aromatic nitrogens is 2. The predicted octanol–water partition coefficient (Wildman–Crippen LogP) is 0.638. The van der Waals surface area contributed by atoms with Gasteiger partial charge in [-0.15, -0.1) is 0 Å². The van der Waals surface area contributed by atoms with Gasteiger partial charge >= 0.3 is 0 Å². The van der Waals surface area contributed by atoms with Gasteiger partial charge in [0.25, 0.3) is 0 Å². The number of carbonyl (C=O) groups excluding carboxylic acids is 1. The van der Waals surface area contributed by atoms with Gasteiger partial charge in [0.05, 0.1) is 5.69 Å². The zero-order valence-corrected chi connectivity index (χ0v) is 11.1. The molecule has 17 heavy (non-hydrogen) atoms. The molecule has 1 aromatic rings. The second-order valence-corrected chi connectivity index (χ2v) is 4.33. The summed E-state index contributed by atoms with van der Waals surface area (Å²) < 4.78 is 1.83. The summed E-state index contributed by atoms with van der Waals surface area (Å²) in [6.07, 6.45) is 0.771. The van der Waals surface area contributed by atoms with Gasteiger partial charge < -0.3 is 11.1 Å². The van der Waals surface area contributed by atoms with Crippen LogP contribution < -0.4 is 11.1 Å². The topological polar surface area (TPSA) is 72.9 Å². The lowest BCUT2D eigenvalue weighted by Gasteiger charge is -2.12. The molecular weight excluding hydrogens is 216 g/mol. The Bertz CT molecular complexity index is 393. The minimum Gasteiger partial charge on any atom is -0.352 e. The molecule has 1 unspecified atom stereocenters. The van der Waals surface area contributed by atoms with Crippen LogP contribution in [-0.2, 0) is 18.4 Å². The monoisotopic (exact) mass is 238 g/mol. The first-order valence-corrected chi connectivity index (χ1v) is 5.98. The standard InChI is InChI=1S/C12H22N4O/c1-5-10(6-13)12(17)14-7-11-8(2)15-16(4)9(11)3/h10H,5-7,13H2,1-4H3,(H,14,17). The molecular formula is C12H22N4O. The van der Waals surface area contributed by atoms with Crippen LogP contribution in [0.2, 0.25) is 0 Å². The van der Waals surface area contributed by atoms with E-state index in [4.69, 9.17) is 5.73 Å². The van der Waals surface area contributed by atoms with Gasteiger partial charge in [-0.1, -0.05) is 6.92 Å². The minimum atomic E-state index is -0.0905.